The summed E-state index contributed by atoms with van der Waals surface area (Å²) >= 11 is 0. The molecule has 25 heavy (non-hydrogen) atoms. The molecular weight excluding hydrogens is 304 g/mol. The lowest BCUT2D eigenvalue weighted by Crippen LogP contribution is -1.97. The van der Waals surface area contributed by atoms with Crippen molar-refractivity contribution >= 4 is 0 Å². The summed E-state index contributed by atoms with van der Waals surface area (Å²) in [5.74, 6) is 7.39. The zero-order valence-corrected chi connectivity index (χ0v) is 15.7. The molecule has 0 amide bonds. The maximum atomic E-state index is 5.79. The summed E-state index contributed by atoms with van der Waals surface area (Å²) in [6.07, 6.45) is 8.63. The van der Waals surface area contributed by atoms with Gasteiger partial charge in [-0.15, -0.1) is 0 Å². The molecule has 0 fully saturated rings. The first kappa shape index (κ1) is 19.1. The summed E-state index contributed by atoms with van der Waals surface area (Å²) in [6.45, 7) is 5.24. The molecule has 0 aliphatic rings. The van der Waals surface area contributed by atoms with Gasteiger partial charge in [0.05, 0.1) is 6.61 Å². The van der Waals surface area contributed by atoms with E-state index in [4.69, 9.17) is 4.74 Å². The second-order valence-corrected chi connectivity index (χ2v) is 6.48. The van der Waals surface area contributed by atoms with E-state index in [0.29, 0.717) is 0 Å². The number of hydrogen-bond acceptors (Lipinski definition) is 1. The van der Waals surface area contributed by atoms with Crippen LogP contribution in [0.5, 0.6) is 5.75 Å². The van der Waals surface area contributed by atoms with Gasteiger partial charge in [-0.2, -0.15) is 0 Å². The molecule has 2 aromatic rings. The van der Waals surface area contributed by atoms with E-state index in [9.17, 15) is 0 Å². The summed E-state index contributed by atoms with van der Waals surface area (Å²) in [4.78, 5) is 0. The largest absolute Gasteiger partial charge is 0.494 e. The zero-order valence-electron chi connectivity index (χ0n) is 15.7. The van der Waals surface area contributed by atoms with Crippen LogP contribution in [0.15, 0.2) is 48.5 Å². The summed E-state index contributed by atoms with van der Waals surface area (Å²) in [5.41, 5.74) is 3.46. The van der Waals surface area contributed by atoms with Gasteiger partial charge in [0.15, 0.2) is 0 Å². The van der Waals surface area contributed by atoms with Crippen LogP contribution < -0.4 is 4.74 Å². The molecule has 0 heterocycles. The fraction of sp³-hybridized carbons (Fsp3) is 0.417. The highest BCUT2D eigenvalue weighted by Crippen LogP contribution is 2.13. The smallest absolute Gasteiger partial charge is 0.119 e. The Bertz CT molecular complexity index is 656. The minimum absolute atomic E-state index is 0.804. The molecule has 1 heteroatoms. The molecule has 0 atom stereocenters. The molecular formula is C24H30O. The Hall–Kier alpha value is -2.20. The topological polar surface area (TPSA) is 9.23 Å². The van der Waals surface area contributed by atoms with Crippen LogP contribution in [0.4, 0.5) is 0 Å². The predicted octanol–water partition coefficient (Wildman–Crippen LogP) is 6.39. The average Bonchev–Trinajstić information content (AvgIpc) is 2.65. The summed E-state index contributed by atoms with van der Waals surface area (Å²) in [7, 11) is 0. The first-order chi connectivity index (χ1) is 12.3. The van der Waals surface area contributed by atoms with Crippen LogP contribution >= 0.6 is 0 Å². The van der Waals surface area contributed by atoms with Crippen molar-refractivity contribution in [2.24, 2.45) is 0 Å². The van der Waals surface area contributed by atoms with Crippen molar-refractivity contribution in [3.63, 3.8) is 0 Å². The Morgan fingerprint density at radius 2 is 1.28 bits per heavy atom. The van der Waals surface area contributed by atoms with E-state index in [2.05, 4.69) is 50.0 Å². The zero-order chi connectivity index (χ0) is 17.7. The van der Waals surface area contributed by atoms with Gasteiger partial charge in [-0.05, 0) is 54.8 Å². The second kappa shape index (κ2) is 11.4. The predicted molar refractivity (Wildman–Crippen MR) is 107 cm³/mol. The molecule has 2 aromatic carbocycles. The van der Waals surface area contributed by atoms with Crippen LogP contribution in [0.1, 0.15) is 69.1 Å². The van der Waals surface area contributed by atoms with Crippen LogP contribution in [0.3, 0.4) is 0 Å². The van der Waals surface area contributed by atoms with Gasteiger partial charge in [0, 0.05) is 11.1 Å². The Balaban J connectivity index is 1.80. The molecule has 0 bridgehead atoms. The van der Waals surface area contributed by atoms with Gasteiger partial charge in [0.25, 0.3) is 0 Å². The monoisotopic (exact) mass is 334 g/mol. The third-order valence-corrected chi connectivity index (χ3v) is 4.21. The SMILES string of the molecule is CCCCCCCOc1ccc(C#Cc2ccc(CCC)cc2)cc1. The van der Waals surface area contributed by atoms with E-state index >= 15 is 0 Å². The maximum absolute atomic E-state index is 5.79. The Kier molecular flexibility index (Phi) is 8.70. The van der Waals surface area contributed by atoms with E-state index in [-0.39, 0.29) is 0 Å². The van der Waals surface area contributed by atoms with E-state index < -0.39 is 0 Å². The number of benzene rings is 2. The van der Waals surface area contributed by atoms with Gasteiger partial charge in [-0.3, -0.25) is 0 Å². The highest BCUT2D eigenvalue weighted by Gasteiger charge is 1.95. The van der Waals surface area contributed by atoms with Crippen molar-refractivity contribution in [2.45, 2.75) is 58.8 Å². The van der Waals surface area contributed by atoms with Gasteiger partial charge >= 0.3 is 0 Å². The van der Waals surface area contributed by atoms with Gasteiger partial charge < -0.3 is 4.74 Å². The van der Waals surface area contributed by atoms with Crippen LogP contribution in [0.2, 0.25) is 0 Å². The highest BCUT2D eigenvalue weighted by molar-refractivity contribution is 5.44. The summed E-state index contributed by atoms with van der Waals surface area (Å²) in [6, 6.07) is 16.6. The average molecular weight is 335 g/mol. The van der Waals surface area contributed by atoms with E-state index in [1.54, 1.807) is 0 Å². The van der Waals surface area contributed by atoms with Crippen LogP contribution in [-0.4, -0.2) is 6.61 Å². The number of ether oxygens (including phenoxy) is 1. The third-order valence-electron chi connectivity index (χ3n) is 4.21. The molecule has 0 saturated carbocycles. The number of unbranched alkanes of at least 4 members (excludes halogenated alkanes) is 4. The normalized spacial score (nSPS) is 10.2. The molecule has 0 aliphatic carbocycles. The summed E-state index contributed by atoms with van der Waals surface area (Å²) < 4.78 is 5.79. The van der Waals surface area contributed by atoms with E-state index in [1.165, 1.54) is 37.7 Å². The minimum Gasteiger partial charge on any atom is -0.494 e. The molecule has 0 saturated heterocycles. The molecule has 0 unspecified atom stereocenters. The van der Waals surface area contributed by atoms with Crippen LogP contribution in [0, 0.1) is 11.8 Å². The molecule has 0 N–H and O–H groups in total. The molecule has 0 aliphatic heterocycles. The van der Waals surface area contributed by atoms with E-state index in [0.717, 1.165) is 36.3 Å². The van der Waals surface area contributed by atoms with Gasteiger partial charge in [-0.25, -0.2) is 0 Å². The van der Waals surface area contributed by atoms with Crippen LogP contribution in [-0.2, 0) is 6.42 Å². The van der Waals surface area contributed by atoms with Crippen molar-refractivity contribution in [3.05, 3.63) is 65.2 Å². The summed E-state index contributed by atoms with van der Waals surface area (Å²) in [5, 5.41) is 0. The fourth-order valence-electron chi connectivity index (χ4n) is 2.72. The Morgan fingerprint density at radius 3 is 1.88 bits per heavy atom. The molecule has 0 aromatic heterocycles. The maximum Gasteiger partial charge on any atom is 0.119 e. The number of aryl methyl sites for hydroxylation is 1. The molecule has 132 valence electrons. The van der Waals surface area contributed by atoms with Gasteiger partial charge in [0.2, 0.25) is 0 Å². The van der Waals surface area contributed by atoms with E-state index in [1.807, 2.05) is 24.3 Å². The lowest BCUT2D eigenvalue weighted by Gasteiger charge is -2.05. The second-order valence-electron chi connectivity index (χ2n) is 6.48. The molecule has 1 nitrogen and oxygen atoms in total. The van der Waals surface area contributed by atoms with Gasteiger partial charge in [-0.1, -0.05) is 69.9 Å². The van der Waals surface area contributed by atoms with Gasteiger partial charge in [0.1, 0.15) is 5.75 Å². The van der Waals surface area contributed by atoms with Crippen molar-refractivity contribution < 1.29 is 4.74 Å². The minimum atomic E-state index is 0.804. The Morgan fingerprint density at radius 1 is 0.680 bits per heavy atom. The number of rotatable bonds is 9. The van der Waals surface area contributed by atoms with Crippen molar-refractivity contribution in [1.29, 1.82) is 0 Å². The lowest BCUT2D eigenvalue weighted by atomic mass is 10.1. The van der Waals surface area contributed by atoms with Crippen molar-refractivity contribution in [1.82, 2.24) is 0 Å². The fourth-order valence-corrected chi connectivity index (χ4v) is 2.72. The third kappa shape index (κ3) is 7.48. The van der Waals surface area contributed by atoms with Crippen molar-refractivity contribution in [2.75, 3.05) is 6.61 Å². The first-order valence-electron chi connectivity index (χ1n) is 9.65. The molecule has 0 radical (unpaired) electrons. The van der Waals surface area contributed by atoms with Crippen LogP contribution in [0.25, 0.3) is 0 Å². The quantitative estimate of drug-likeness (QED) is 0.381. The van der Waals surface area contributed by atoms with Crippen molar-refractivity contribution in [3.8, 4) is 17.6 Å². The number of hydrogen-bond donors (Lipinski definition) is 0. The standard InChI is InChI=1S/C24H30O/c1-3-5-6-7-8-20-25-24-18-16-23(17-19-24)15-14-22-12-10-21(9-4-2)11-13-22/h10-13,16-19H,3-9,20H2,1-2H3. The molecule has 2 rings (SSSR count). The highest BCUT2D eigenvalue weighted by atomic mass is 16.5. The Labute approximate surface area is 153 Å². The first-order valence-corrected chi connectivity index (χ1v) is 9.65. The lowest BCUT2D eigenvalue weighted by molar-refractivity contribution is 0.304. The molecule has 0 spiro atoms.